The van der Waals surface area contributed by atoms with Crippen LogP contribution in [0.25, 0.3) is 0 Å². The van der Waals surface area contributed by atoms with E-state index in [1.54, 1.807) is 17.3 Å². The summed E-state index contributed by atoms with van der Waals surface area (Å²) in [6.07, 6.45) is 3.92. The van der Waals surface area contributed by atoms with Gasteiger partial charge in [0, 0.05) is 31.4 Å². The van der Waals surface area contributed by atoms with E-state index in [9.17, 15) is 14.3 Å². The maximum absolute atomic E-state index is 12.9. The molecule has 0 aliphatic carbocycles. The van der Waals surface area contributed by atoms with Gasteiger partial charge in [-0.2, -0.15) is 0 Å². The number of carbonyl (C=O) groups excluding carboxylic acids is 1. The summed E-state index contributed by atoms with van der Waals surface area (Å²) < 4.78 is 12.9. The van der Waals surface area contributed by atoms with E-state index >= 15 is 0 Å². The molecule has 1 aliphatic heterocycles. The number of rotatable bonds is 3. The average Bonchev–Trinajstić information content (AvgIpc) is 3.09. The van der Waals surface area contributed by atoms with Crippen LogP contribution in [0.3, 0.4) is 0 Å². The SMILES string of the molecule is O=C([C@H](O)c1ccc(F)cc1)N1CCC(c2ncc[nH]2)CC1. The van der Waals surface area contributed by atoms with Crippen molar-refractivity contribution in [3.63, 3.8) is 0 Å². The highest BCUT2D eigenvalue weighted by Crippen LogP contribution is 2.27. The monoisotopic (exact) mass is 303 g/mol. The number of H-pyrrole nitrogens is 1. The van der Waals surface area contributed by atoms with Gasteiger partial charge in [0.15, 0.2) is 6.10 Å². The molecule has 1 saturated heterocycles. The molecular formula is C16H18FN3O2. The zero-order valence-electron chi connectivity index (χ0n) is 12.1. The van der Waals surface area contributed by atoms with Crippen LogP contribution in [0.1, 0.15) is 36.3 Å². The van der Waals surface area contributed by atoms with E-state index in [4.69, 9.17) is 0 Å². The van der Waals surface area contributed by atoms with E-state index in [0.29, 0.717) is 24.6 Å². The molecule has 1 amide bonds. The minimum atomic E-state index is -1.24. The summed E-state index contributed by atoms with van der Waals surface area (Å²) in [5.41, 5.74) is 0.416. The number of benzene rings is 1. The number of aromatic nitrogens is 2. The Balaban J connectivity index is 1.60. The lowest BCUT2D eigenvalue weighted by Crippen LogP contribution is -2.40. The molecule has 22 heavy (non-hydrogen) atoms. The summed E-state index contributed by atoms with van der Waals surface area (Å²) in [7, 11) is 0. The molecule has 1 atom stereocenters. The Morgan fingerprint density at radius 1 is 1.32 bits per heavy atom. The first kappa shape index (κ1) is 14.7. The van der Waals surface area contributed by atoms with Gasteiger partial charge in [-0.1, -0.05) is 12.1 Å². The summed E-state index contributed by atoms with van der Waals surface area (Å²) in [4.78, 5) is 21.4. The number of hydrogen-bond acceptors (Lipinski definition) is 3. The Morgan fingerprint density at radius 3 is 2.59 bits per heavy atom. The number of amides is 1. The Labute approximate surface area is 127 Å². The third kappa shape index (κ3) is 3.01. The Hall–Kier alpha value is -2.21. The smallest absolute Gasteiger partial charge is 0.256 e. The van der Waals surface area contributed by atoms with Crippen LogP contribution in [0.5, 0.6) is 0 Å². The summed E-state index contributed by atoms with van der Waals surface area (Å²) >= 11 is 0. The van der Waals surface area contributed by atoms with Gasteiger partial charge in [-0.3, -0.25) is 4.79 Å². The quantitative estimate of drug-likeness (QED) is 0.911. The Morgan fingerprint density at radius 2 is 2.00 bits per heavy atom. The van der Waals surface area contributed by atoms with Gasteiger partial charge in [-0.05, 0) is 30.5 Å². The van der Waals surface area contributed by atoms with E-state index in [2.05, 4.69) is 9.97 Å². The maximum Gasteiger partial charge on any atom is 0.256 e. The number of nitrogens with one attached hydrogen (secondary N) is 1. The van der Waals surface area contributed by atoms with Crippen molar-refractivity contribution in [1.82, 2.24) is 14.9 Å². The van der Waals surface area contributed by atoms with Crippen molar-refractivity contribution in [2.24, 2.45) is 0 Å². The Bertz CT molecular complexity index is 619. The van der Waals surface area contributed by atoms with Crippen molar-refractivity contribution in [3.05, 3.63) is 53.9 Å². The summed E-state index contributed by atoms with van der Waals surface area (Å²) in [6, 6.07) is 5.37. The number of likely N-dealkylation sites (tertiary alicyclic amines) is 1. The maximum atomic E-state index is 12.9. The van der Waals surface area contributed by atoms with Gasteiger partial charge in [0.2, 0.25) is 0 Å². The number of carbonyl (C=O) groups is 1. The molecule has 1 aromatic carbocycles. The lowest BCUT2D eigenvalue weighted by molar-refractivity contribution is -0.141. The zero-order valence-corrected chi connectivity index (χ0v) is 12.1. The zero-order chi connectivity index (χ0) is 15.5. The van der Waals surface area contributed by atoms with E-state index in [0.717, 1.165) is 18.7 Å². The molecule has 5 nitrogen and oxygen atoms in total. The number of aliphatic hydroxyl groups excluding tert-OH is 1. The lowest BCUT2D eigenvalue weighted by Gasteiger charge is -2.32. The normalized spacial score (nSPS) is 17.5. The van der Waals surface area contributed by atoms with Crippen LogP contribution in [0, 0.1) is 5.82 Å². The fourth-order valence-corrected chi connectivity index (χ4v) is 2.83. The third-order valence-electron chi connectivity index (χ3n) is 4.13. The lowest BCUT2D eigenvalue weighted by atomic mass is 9.95. The molecule has 2 heterocycles. The fourth-order valence-electron chi connectivity index (χ4n) is 2.83. The molecule has 6 heteroatoms. The van der Waals surface area contributed by atoms with Crippen molar-refractivity contribution in [3.8, 4) is 0 Å². The second-order valence-corrected chi connectivity index (χ2v) is 5.53. The van der Waals surface area contributed by atoms with Crippen molar-refractivity contribution in [2.75, 3.05) is 13.1 Å². The van der Waals surface area contributed by atoms with Gasteiger partial charge in [0.25, 0.3) is 5.91 Å². The second kappa shape index (κ2) is 6.27. The van der Waals surface area contributed by atoms with Crippen LogP contribution in [-0.4, -0.2) is 39.0 Å². The molecule has 2 N–H and O–H groups in total. The first-order chi connectivity index (χ1) is 10.6. The number of imidazole rings is 1. The Kier molecular flexibility index (Phi) is 4.20. The van der Waals surface area contributed by atoms with Crippen LogP contribution in [0.15, 0.2) is 36.7 Å². The molecule has 0 saturated carbocycles. The number of hydrogen-bond donors (Lipinski definition) is 2. The highest BCUT2D eigenvalue weighted by atomic mass is 19.1. The van der Waals surface area contributed by atoms with Gasteiger partial charge < -0.3 is 15.0 Å². The van der Waals surface area contributed by atoms with E-state index in [1.807, 2.05) is 0 Å². The predicted octanol–water partition coefficient (Wildman–Crippen LogP) is 1.99. The van der Waals surface area contributed by atoms with E-state index < -0.39 is 6.10 Å². The van der Waals surface area contributed by atoms with Crippen molar-refractivity contribution in [1.29, 1.82) is 0 Å². The first-order valence-electron chi connectivity index (χ1n) is 7.37. The van der Waals surface area contributed by atoms with Gasteiger partial charge >= 0.3 is 0 Å². The number of halogens is 1. The highest BCUT2D eigenvalue weighted by molar-refractivity contribution is 5.82. The molecule has 0 bridgehead atoms. The van der Waals surface area contributed by atoms with E-state index in [1.165, 1.54) is 24.3 Å². The van der Waals surface area contributed by atoms with Crippen LogP contribution < -0.4 is 0 Å². The predicted molar refractivity (Wildman–Crippen MR) is 78.5 cm³/mol. The largest absolute Gasteiger partial charge is 0.378 e. The van der Waals surface area contributed by atoms with Crippen molar-refractivity contribution < 1.29 is 14.3 Å². The molecule has 1 fully saturated rings. The number of nitrogens with zero attached hydrogens (tertiary/aromatic N) is 2. The summed E-state index contributed by atoms with van der Waals surface area (Å²) in [6.45, 7) is 1.17. The fraction of sp³-hybridized carbons (Fsp3) is 0.375. The van der Waals surface area contributed by atoms with Crippen molar-refractivity contribution in [2.45, 2.75) is 24.9 Å². The summed E-state index contributed by atoms with van der Waals surface area (Å²) in [5.74, 6) is 0.556. The molecule has 1 aromatic heterocycles. The standard InChI is InChI=1S/C16H18FN3O2/c17-13-3-1-11(2-4-13)14(21)16(22)20-9-5-12(6-10-20)15-18-7-8-19-15/h1-4,7-8,12,14,21H,5-6,9-10H2,(H,18,19)/t14-/m1/s1. The van der Waals surface area contributed by atoms with Gasteiger partial charge in [0.05, 0.1) is 0 Å². The number of aliphatic hydroxyl groups is 1. The number of piperidine rings is 1. The molecule has 116 valence electrons. The van der Waals surface area contributed by atoms with Crippen LogP contribution >= 0.6 is 0 Å². The summed E-state index contributed by atoms with van der Waals surface area (Å²) in [5, 5.41) is 10.1. The molecule has 1 aliphatic rings. The van der Waals surface area contributed by atoms with Crippen LogP contribution in [0.4, 0.5) is 4.39 Å². The molecule has 0 spiro atoms. The van der Waals surface area contributed by atoms with Gasteiger partial charge in [-0.15, -0.1) is 0 Å². The molecular weight excluding hydrogens is 285 g/mol. The highest BCUT2D eigenvalue weighted by Gasteiger charge is 2.29. The topological polar surface area (TPSA) is 69.2 Å². The minimum absolute atomic E-state index is 0.321. The second-order valence-electron chi connectivity index (χ2n) is 5.53. The molecule has 0 unspecified atom stereocenters. The van der Waals surface area contributed by atoms with Gasteiger partial charge in [0.1, 0.15) is 11.6 Å². The molecule has 3 rings (SSSR count). The third-order valence-corrected chi connectivity index (χ3v) is 4.13. The average molecular weight is 303 g/mol. The van der Waals surface area contributed by atoms with E-state index in [-0.39, 0.29) is 11.7 Å². The van der Waals surface area contributed by atoms with Gasteiger partial charge in [-0.25, -0.2) is 9.37 Å². The minimum Gasteiger partial charge on any atom is -0.378 e. The van der Waals surface area contributed by atoms with Crippen LogP contribution in [0.2, 0.25) is 0 Å². The van der Waals surface area contributed by atoms with Crippen LogP contribution in [-0.2, 0) is 4.79 Å². The molecule has 0 radical (unpaired) electrons. The first-order valence-corrected chi connectivity index (χ1v) is 7.37. The van der Waals surface area contributed by atoms with Crippen molar-refractivity contribution >= 4 is 5.91 Å². The molecule has 2 aromatic rings. The number of aromatic amines is 1.